The van der Waals surface area contributed by atoms with Gasteiger partial charge >= 0.3 is 0 Å². The maximum Gasteiger partial charge on any atom is 0.244 e. The Morgan fingerprint density at radius 1 is 0.464 bits per heavy atom. The van der Waals surface area contributed by atoms with Crippen LogP contribution < -0.4 is 21.3 Å². The van der Waals surface area contributed by atoms with Gasteiger partial charge in [-0.2, -0.15) is 0 Å². The van der Waals surface area contributed by atoms with Crippen LogP contribution in [0.3, 0.4) is 0 Å². The van der Waals surface area contributed by atoms with E-state index in [0.717, 1.165) is 61.8 Å². The molecule has 69 heavy (non-hydrogen) atoms. The molecule has 2 aliphatic heterocycles. The SMILES string of the molecule is CC(C)(C)c1ccc(N2c3cc(-c4ccccc4)cc(-c4cccc5c4Nc4ccccc4C5(c4ccccc4)c4ccccc4)c3Bc3oc4ccc(C(C)(C)C)cc4c32)c(-c2ccccc2)c1. The molecule has 0 atom stereocenters. The molecule has 2 aliphatic rings. The number of hydrogen-bond donors (Lipinski definition) is 1. The van der Waals surface area contributed by atoms with Crippen molar-refractivity contribution < 1.29 is 4.42 Å². The fraction of sp³-hybridized carbons (Fsp3) is 0.138. The molecular weight excluding hydrogens is 836 g/mol. The molecule has 0 radical (unpaired) electrons. The Kier molecular flexibility index (Phi) is 9.97. The summed E-state index contributed by atoms with van der Waals surface area (Å²) < 4.78 is 7.15. The van der Waals surface area contributed by atoms with Crippen LogP contribution in [0.15, 0.2) is 217 Å². The minimum absolute atomic E-state index is 0.0559. The van der Waals surface area contributed by atoms with E-state index in [9.17, 15) is 0 Å². The van der Waals surface area contributed by atoms with Crippen LogP contribution in [0.1, 0.15) is 74.9 Å². The van der Waals surface area contributed by atoms with Crippen LogP contribution in [0.4, 0.5) is 28.4 Å². The van der Waals surface area contributed by atoms with Crippen LogP contribution in [0, 0.1) is 0 Å². The summed E-state index contributed by atoms with van der Waals surface area (Å²) in [4.78, 5) is 2.55. The van der Waals surface area contributed by atoms with Gasteiger partial charge in [0.15, 0.2) is 0 Å². The van der Waals surface area contributed by atoms with E-state index in [1.807, 2.05) is 0 Å². The van der Waals surface area contributed by atoms with Gasteiger partial charge in [-0.3, -0.25) is 0 Å². The Bertz CT molecular complexity index is 3520. The quantitative estimate of drug-likeness (QED) is 0.169. The lowest BCUT2D eigenvalue weighted by Crippen LogP contribution is -2.40. The predicted octanol–water partition coefficient (Wildman–Crippen LogP) is 15.6. The van der Waals surface area contributed by atoms with Gasteiger partial charge in [0.05, 0.1) is 28.1 Å². The van der Waals surface area contributed by atoms with Crippen LogP contribution in [-0.2, 0) is 16.2 Å². The Labute approximate surface area is 407 Å². The van der Waals surface area contributed by atoms with Crippen LogP contribution in [-0.4, -0.2) is 7.28 Å². The first-order valence-corrected chi connectivity index (χ1v) is 24.4. The van der Waals surface area contributed by atoms with E-state index in [4.69, 9.17) is 4.42 Å². The van der Waals surface area contributed by atoms with Gasteiger partial charge in [-0.15, -0.1) is 0 Å². The maximum absolute atomic E-state index is 7.15. The van der Waals surface area contributed by atoms with Crippen molar-refractivity contribution in [1.82, 2.24) is 0 Å². The summed E-state index contributed by atoms with van der Waals surface area (Å²) in [5, 5.41) is 5.21. The van der Waals surface area contributed by atoms with E-state index in [1.54, 1.807) is 0 Å². The van der Waals surface area contributed by atoms with Gasteiger partial charge in [-0.25, -0.2) is 0 Å². The first-order chi connectivity index (χ1) is 33.5. The lowest BCUT2D eigenvalue weighted by molar-refractivity contribution is 0.590. The van der Waals surface area contributed by atoms with Gasteiger partial charge in [0.1, 0.15) is 5.58 Å². The van der Waals surface area contributed by atoms with Crippen molar-refractivity contribution in [1.29, 1.82) is 0 Å². The summed E-state index contributed by atoms with van der Waals surface area (Å²) in [5.74, 6) is 0. The van der Waals surface area contributed by atoms with Crippen molar-refractivity contribution in [2.24, 2.45) is 0 Å². The molecule has 0 amide bonds. The fourth-order valence-electron chi connectivity index (χ4n) is 11.2. The molecule has 0 saturated carbocycles. The molecule has 3 heterocycles. The summed E-state index contributed by atoms with van der Waals surface area (Å²) in [6, 6.07) is 78.6. The van der Waals surface area contributed by atoms with Gasteiger partial charge in [0.25, 0.3) is 0 Å². The third kappa shape index (κ3) is 6.95. The zero-order valence-corrected chi connectivity index (χ0v) is 40.3. The third-order valence-electron chi connectivity index (χ3n) is 14.7. The number of fused-ring (bicyclic) bond motifs is 6. The first kappa shape index (κ1) is 42.5. The van der Waals surface area contributed by atoms with Crippen molar-refractivity contribution >= 4 is 57.8 Å². The Morgan fingerprint density at radius 3 is 1.71 bits per heavy atom. The molecule has 4 heteroatoms. The normalized spacial score (nSPS) is 13.7. The summed E-state index contributed by atoms with van der Waals surface area (Å²) >= 11 is 0. The number of para-hydroxylation sites is 2. The number of nitrogens with zero attached hydrogens (tertiary/aromatic N) is 1. The topological polar surface area (TPSA) is 28.4 Å². The highest BCUT2D eigenvalue weighted by atomic mass is 16.3. The molecule has 0 aliphatic carbocycles. The summed E-state index contributed by atoms with van der Waals surface area (Å²) in [6.07, 6.45) is 0. The number of anilines is 5. The molecule has 9 aromatic carbocycles. The number of hydrogen-bond acceptors (Lipinski definition) is 3. The van der Waals surface area contributed by atoms with Crippen LogP contribution in [0.2, 0.25) is 0 Å². The van der Waals surface area contributed by atoms with E-state index in [-0.39, 0.29) is 10.8 Å². The standard InChI is InChI=1S/C65H55BN2O/c1-63(2,3)47-34-36-56(50(40-47)43-24-13-8-14-25-43)68-57-39-44(42-22-11-7-12-23-42)38-51(59(57)66-62-61(68)52-41-48(64(4,5)6)35-37-58(52)69-62)49-30-21-32-54-60(49)67-55-33-20-19-31-53(55)65(54,45-26-15-9-16-27-45)46-28-17-10-18-29-46/h7-41,66-67H,1-6H3. The van der Waals surface area contributed by atoms with Crippen molar-refractivity contribution in [2.45, 2.75) is 57.8 Å². The second-order valence-corrected chi connectivity index (χ2v) is 21.0. The minimum atomic E-state index is -0.602. The molecule has 0 bridgehead atoms. The molecule has 0 saturated heterocycles. The van der Waals surface area contributed by atoms with Crippen molar-refractivity contribution in [2.75, 3.05) is 10.2 Å². The van der Waals surface area contributed by atoms with Gasteiger partial charge in [-0.1, -0.05) is 211 Å². The highest BCUT2D eigenvalue weighted by molar-refractivity contribution is 6.73. The molecule has 0 spiro atoms. The third-order valence-corrected chi connectivity index (χ3v) is 14.7. The number of rotatable bonds is 6. The zero-order chi connectivity index (χ0) is 47.1. The average molecular weight is 891 g/mol. The first-order valence-electron chi connectivity index (χ1n) is 24.4. The summed E-state index contributed by atoms with van der Waals surface area (Å²) in [6.45, 7) is 13.8. The Hall–Kier alpha value is -7.82. The van der Waals surface area contributed by atoms with Crippen LogP contribution in [0.25, 0.3) is 44.3 Å². The lowest BCUT2D eigenvalue weighted by atomic mass is 9.59. The molecular formula is C65H55BN2O. The van der Waals surface area contributed by atoms with E-state index < -0.39 is 5.41 Å². The maximum atomic E-state index is 7.15. The second kappa shape index (κ2) is 16.2. The highest BCUT2D eigenvalue weighted by Gasteiger charge is 2.45. The lowest BCUT2D eigenvalue weighted by Gasteiger charge is -2.43. The smallest absolute Gasteiger partial charge is 0.244 e. The van der Waals surface area contributed by atoms with E-state index >= 15 is 0 Å². The summed E-state index contributed by atoms with van der Waals surface area (Å²) in [7, 11) is 0.620. The molecule has 334 valence electrons. The molecule has 1 aromatic heterocycles. The van der Waals surface area contributed by atoms with Gasteiger partial charge in [0.2, 0.25) is 7.28 Å². The number of nitrogens with one attached hydrogen (secondary N) is 1. The van der Waals surface area contributed by atoms with Gasteiger partial charge in [-0.05, 0) is 114 Å². The molecule has 12 rings (SSSR count). The van der Waals surface area contributed by atoms with Crippen molar-refractivity contribution in [3.05, 3.63) is 246 Å². The second-order valence-electron chi connectivity index (χ2n) is 21.0. The fourth-order valence-corrected chi connectivity index (χ4v) is 11.2. The number of benzene rings is 9. The summed E-state index contributed by atoms with van der Waals surface area (Å²) in [5.41, 5.74) is 22.4. The van der Waals surface area contributed by atoms with Gasteiger partial charge in [0, 0.05) is 27.9 Å². The van der Waals surface area contributed by atoms with Crippen molar-refractivity contribution in [3.63, 3.8) is 0 Å². The average Bonchev–Trinajstić information content (AvgIpc) is 3.75. The van der Waals surface area contributed by atoms with E-state index in [0.29, 0.717) is 7.28 Å². The highest BCUT2D eigenvalue weighted by Crippen LogP contribution is 2.56. The molecule has 1 N–H and O–H groups in total. The van der Waals surface area contributed by atoms with Crippen molar-refractivity contribution in [3.8, 4) is 33.4 Å². The monoisotopic (exact) mass is 890 g/mol. The molecule has 0 unspecified atom stereocenters. The molecule has 0 fully saturated rings. The Morgan fingerprint density at radius 2 is 1.04 bits per heavy atom. The molecule has 3 nitrogen and oxygen atoms in total. The minimum Gasteiger partial charge on any atom is -0.469 e. The predicted molar refractivity (Wildman–Crippen MR) is 293 cm³/mol. The number of furan rings is 1. The largest absolute Gasteiger partial charge is 0.469 e. The molecule has 10 aromatic rings. The van der Waals surface area contributed by atoms with Gasteiger partial charge < -0.3 is 14.6 Å². The van der Waals surface area contributed by atoms with E-state index in [1.165, 1.54) is 55.5 Å². The van der Waals surface area contributed by atoms with Crippen LogP contribution in [0.5, 0.6) is 0 Å². The zero-order valence-electron chi connectivity index (χ0n) is 40.3. The van der Waals surface area contributed by atoms with Crippen LogP contribution >= 0.6 is 0 Å². The Balaban J connectivity index is 1.20. The van der Waals surface area contributed by atoms with E-state index in [2.05, 4.69) is 264 Å².